The molecule has 0 aliphatic heterocycles. The number of nitrogens with zero attached hydrogens (tertiary/aromatic N) is 1. The molecule has 0 aliphatic carbocycles. The molecule has 4 rings (SSSR count). The summed E-state index contributed by atoms with van der Waals surface area (Å²) in [4.78, 5) is 2.38. The number of benzene rings is 4. The summed E-state index contributed by atoms with van der Waals surface area (Å²) < 4.78 is 2.15. The molecule has 0 radical (unpaired) electrons. The Hall–Kier alpha value is -2.56. The van der Waals surface area contributed by atoms with Crippen molar-refractivity contribution in [2.24, 2.45) is 0 Å². The van der Waals surface area contributed by atoms with Gasteiger partial charge in [0.1, 0.15) is 0 Å². The second-order valence-electron chi connectivity index (χ2n) is 8.44. The Morgan fingerprint density at radius 2 is 1.18 bits per heavy atom. The number of hydrogen-bond acceptors (Lipinski definition) is 2. The summed E-state index contributed by atoms with van der Waals surface area (Å²) in [5, 5.41) is 3.89. The molecule has 4 aromatic rings. The van der Waals surface area contributed by atoms with E-state index in [9.17, 15) is 0 Å². The van der Waals surface area contributed by atoms with E-state index >= 15 is 0 Å². The number of nitrogens with one attached hydrogen (secondary N) is 1. The zero-order valence-corrected chi connectivity index (χ0v) is 22.3. The first-order valence-electron chi connectivity index (χ1n) is 11.1. The molecule has 1 N–H and O–H groups in total. The van der Waals surface area contributed by atoms with Crippen LogP contribution in [-0.4, -0.2) is 6.54 Å². The van der Waals surface area contributed by atoms with E-state index in [0.29, 0.717) is 0 Å². The highest BCUT2D eigenvalue weighted by molar-refractivity contribution is 9.10. The third kappa shape index (κ3) is 5.87. The molecule has 0 fully saturated rings. The Kier molecular flexibility index (Phi) is 7.56. The van der Waals surface area contributed by atoms with E-state index in [1.807, 2.05) is 0 Å². The van der Waals surface area contributed by atoms with Crippen molar-refractivity contribution in [3.63, 3.8) is 0 Å². The highest BCUT2D eigenvalue weighted by Crippen LogP contribution is 2.33. The predicted octanol–water partition coefficient (Wildman–Crippen LogP) is 9.13. The summed E-state index contributed by atoms with van der Waals surface area (Å²) in [7, 11) is 0. The normalized spacial score (nSPS) is 11.8. The van der Waals surface area contributed by atoms with Gasteiger partial charge in [0.05, 0.1) is 6.04 Å². The Labute approximate surface area is 213 Å². The smallest absolute Gasteiger partial charge is 0.0693 e. The van der Waals surface area contributed by atoms with Crippen molar-refractivity contribution in [1.29, 1.82) is 0 Å². The van der Waals surface area contributed by atoms with Gasteiger partial charge in [0, 0.05) is 32.6 Å². The number of rotatable bonds is 7. The number of anilines is 3. The average molecular weight is 564 g/mol. The van der Waals surface area contributed by atoms with Gasteiger partial charge < -0.3 is 10.2 Å². The van der Waals surface area contributed by atoms with E-state index in [-0.39, 0.29) is 6.04 Å². The van der Waals surface area contributed by atoms with Crippen LogP contribution in [-0.2, 0) is 0 Å². The SMILES string of the molecule is Cc1cc(C)c(NC(CN(c2ccc(Br)cc2)c2ccc(Br)cc2)c2ccccc2)c(C)c1. The number of halogens is 2. The zero-order valence-electron chi connectivity index (χ0n) is 19.1. The topological polar surface area (TPSA) is 15.3 Å². The summed E-state index contributed by atoms with van der Waals surface area (Å²) in [5.74, 6) is 0. The van der Waals surface area contributed by atoms with Crippen LogP contribution in [0.2, 0.25) is 0 Å². The number of aryl methyl sites for hydroxylation is 3. The summed E-state index contributed by atoms with van der Waals surface area (Å²) in [6.45, 7) is 7.30. The van der Waals surface area contributed by atoms with Crippen LogP contribution in [0.15, 0.2) is 99.9 Å². The van der Waals surface area contributed by atoms with E-state index in [2.05, 4.69) is 154 Å². The number of hydrogen-bond donors (Lipinski definition) is 1. The van der Waals surface area contributed by atoms with Gasteiger partial charge in [-0.05, 0) is 86.0 Å². The molecule has 1 unspecified atom stereocenters. The van der Waals surface area contributed by atoms with Gasteiger partial charge in [-0.15, -0.1) is 0 Å². The van der Waals surface area contributed by atoms with Crippen LogP contribution in [0.5, 0.6) is 0 Å². The predicted molar refractivity (Wildman–Crippen MR) is 149 cm³/mol. The van der Waals surface area contributed by atoms with E-state index in [1.165, 1.54) is 27.9 Å². The Morgan fingerprint density at radius 1 is 0.697 bits per heavy atom. The van der Waals surface area contributed by atoms with Crippen LogP contribution in [0.25, 0.3) is 0 Å². The van der Waals surface area contributed by atoms with Gasteiger partial charge >= 0.3 is 0 Å². The van der Waals surface area contributed by atoms with Gasteiger partial charge in [-0.25, -0.2) is 0 Å². The lowest BCUT2D eigenvalue weighted by Gasteiger charge is -2.32. The van der Waals surface area contributed by atoms with Gasteiger partial charge in [-0.1, -0.05) is 79.9 Å². The quantitative estimate of drug-likeness (QED) is 0.241. The molecule has 2 nitrogen and oxygen atoms in total. The Morgan fingerprint density at radius 3 is 1.67 bits per heavy atom. The summed E-state index contributed by atoms with van der Waals surface area (Å²) in [6, 6.07) is 32.3. The fourth-order valence-corrected chi connectivity index (χ4v) is 4.81. The van der Waals surface area contributed by atoms with Crippen molar-refractivity contribution >= 4 is 48.9 Å². The first kappa shape index (κ1) is 23.6. The van der Waals surface area contributed by atoms with Crippen LogP contribution >= 0.6 is 31.9 Å². The third-order valence-electron chi connectivity index (χ3n) is 5.84. The zero-order chi connectivity index (χ0) is 23.4. The summed E-state index contributed by atoms with van der Waals surface area (Å²) in [6.07, 6.45) is 0. The molecule has 0 amide bonds. The highest BCUT2D eigenvalue weighted by Gasteiger charge is 2.20. The van der Waals surface area contributed by atoms with Crippen molar-refractivity contribution in [3.8, 4) is 0 Å². The van der Waals surface area contributed by atoms with E-state index in [1.54, 1.807) is 0 Å². The molecule has 4 aromatic carbocycles. The molecule has 0 heterocycles. The second kappa shape index (κ2) is 10.6. The fraction of sp³-hybridized carbons (Fsp3) is 0.172. The molecule has 0 saturated carbocycles. The van der Waals surface area contributed by atoms with E-state index in [0.717, 1.165) is 26.9 Å². The lowest BCUT2D eigenvalue weighted by Crippen LogP contribution is -2.28. The van der Waals surface area contributed by atoms with E-state index < -0.39 is 0 Å². The van der Waals surface area contributed by atoms with Gasteiger partial charge in [-0.3, -0.25) is 0 Å². The molecular weight excluding hydrogens is 536 g/mol. The lowest BCUT2D eigenvalue weighted by atomic mass is 10.0. The van der Waals surface area contributed by atoms with Gasteiger partial charge in [-0.2, -0.15) is 0 Å². The lowest BCUT2D eigenvalue weighted by molar-refractivity contribution is 0.765. The highest BCUT2D eigenvalue weighted by atomic mass is 79.9. The standard InChI is InChI=1S/C29H28Br2N2/c1-20-17-21(2)29(22(3)18-20)32-28(23-7-5-4-6-8-23)19-33(26-13-9-24(30)10-14-26)27-15-11-25(31)12-16-27/h4-18,28,32H,19H2,1-3H3. The third-order valence-corrected chi connectivity index (χ3v) is 6.90. The molecule has 33 heavy (non-hydrogen) atoms. The van der Waals surface area contributed by atoms with E-state index in [4.69, 9.17) is 0 Å². The molecular formula is C29H28Br2N2. The van der Waals surface area contributed by atoms with Gasteiger partial charge in [0.2, 0.25) is 0 Å². The minimum Gasteiger partial charge on any atom is -0.376 e. The first-order valence-corrected chi connectivity index (χ1v) is 12.7. The molecule has 0 spiro atoms. The Bertz CT molecular complexity index is 1130. The summed E-state index contributed by atoms with van der Waals surface area (Å²) in [5.41, 5.74) is 8.61. The maximum absolute atomic E-state index is 3.89. The van der Waals surface area contributed by atoms with Gasteiger partial charge in [0.25, 0.3) is 0 Å². The molecule has 0 bridgehead atoms. The van der Waals surface area contributed by atoms with Crippen molar-refractivity contribution in [2.75, 3.05) is 16.8 Å². The molecule has 0 aromatic heterocycles. The fourth-order valence-electron chi connectivity index (χ4n) is 4.29. The molecule has 0 aliphatic rings. The van der Waals surface area contributed by atoms with Crippen LogP contribution in [0.3, 0.4) is 0 Å². The van der Waals surface area contributed by atoms with Crippen LogP contribution < -0.4 is 10.2 Å². The van der Waals surface area contributed by atoms with Crippen LogP contribution in [0.4, 0.5) is 17.1 Å². The van der Waals surface area contributed by atoms with Crippen molar-refractivity contribution in [2.45, 2.75) is 26.8 Å². The average Bonchev–Trinajstić information content (AvgIpc) is 2.80. The monoisotopic (exact) mass is 562 g/mol. The maximum Gasteiger partial charge on any atom is 0.0693 e. The van der Waals surface area contributed by atoms with Gasteiger partial charge in [0.15, 0.2) is 0 Å². The second-order valence-corrected chi connectivity index (χ2v) is 10.3. The molecule has 4 heteroatoms. The minimum absolute atomic E-state index is 0.0959. The van der Waals surface area contributed by atoms with Crippen molar-refractivity contribution < 1.29 is 0 Å². The minimum atomic E-state index is 0.0959. The largest absolute Gasteiger partial charge is 0.376 e. The van der Waals surface area contributed by atoms with Crippen LogP contribution in [0, 0.1) is 20.8 Å². The molecule has 0 saturated heterocycles. The maximum atomic E-state index is 3.89. The van der Waals surface area contributed by atoms with Crippen molar-refractivity contribution in [3.05, 3.63) is 122 Å². The Balaban J connectivity index is 1.76. The van der Waals surface area contributed by atoms with Crippen LogP contribution in [0.1, 0.15) is 28.3 Å². The first-order chi connectivity index (χ1) is 15.9. The molecule has 168 valence electrons. The van der Waals surface area contributed by atoms with Crippen molar-refractivity contribution in [1.82, 2.24) is 0 Å². The molecule has 1 atom stereocenters. The summed E-state index contributed by atoms with van der Waals surface area (Å²) >= 11 is 7.15.